The highest BCUT2D eigenvalue weighted by Gasteiger charge is 2.13. The molecule has 0 spiro atoms. The number of hydrogen-bond donors (Lipinski definition) is 1. The van der Waals surface area contributed by atoms with Crippen LogP contribution in [0.1, 0.15) is 26.7 Å². The van der Waals surface area contributed by atoms with Crippen molar-refractivity contribution < 1.29 is 13.2 Å². The first-order chi connectivity index (χ1) is 6.37. The van der Waals surface area contributed by atoms with E-state index in [0.717, 1.165) is 0 Å². The van der Waals surface area contributed by atoms with Crippen LogP contribution in [0.3, 0.4) is 0 Å². The summed E-state index contributed by atoms with van der Waals surface area (Å²) in [6.07, 6.45) is 2.54. The molecule has 5 heteroatoms. The van der Waals surface area contributed by atoms with Crippen LogP contribution in [0.4, 0.5) is 0 Å². The van der Waals surface area contributed by atoms with Gasteiger partial charge in [-0.05, 0) is 26.7 Å². The molecule has 0 aromatic rings. The average Bonchev–Trinajstić information content (AvgIpc) is 2.02. The van der Waals surface area contributed by atoms with E-state index in [-0.39, 0.29) is 17.9 Å². The lowest BCUT2D eigenvalue weighted by molar-refractivity contribution is 0.0555. The van der Waals surface area contributed by atoms with Gasteiger partial charge in [0.15, 0.2) is 0 Å². The zero-order valence-electron chi connectivity index (χ0n) is 9.19. The second-order valence-corrected chi connectivity index (χ2v) is 5.86. The van der Waals surface area contributed by atoms with Crippen molar-refractivity contribution in [2.75, 3.05) is 18.6 Å². The van der Waals surface area contributed by atoms with Crippen molar-refractivity contribution in [2.45, 2.75) is 38.8 Å². The quantitative estimate of drug-likeness (QED) is 0.685. The lowest BCUT2D eigenvalue weighted by atomic mass is 10.1. The number of rotatable bonds is 7. The summed E-state index contributed by atoms with van der Waals surface area (Å²) >= 11 is 0. The van der Waals surface area contributed by atoms with Gasteiger partial charge in [-0.1, -0.05) is 0 Å². The zero-order chi connectivity index (χ0) is 11.2. The number of ether oxygens (including phenoxy) is 1. The molecular weight excluding hydrogens is 202 g/mol. The molecule has 14 heavy (non-hydrogen) atoms. The van der Waals surface area contributed by atoms with Crippen molar-refractivity contribution in [3.63, 3.8) is 0 Å². The minimum atomic E-state index is -2.85. The summed E-state index contributed by atoms with van der Waals surface area (Å²) in [5.41, 5.74) is 5.81. The minimum Gasteiger partial charge on any atom is -0.377 e. The van der Waals surface area contributed by atoms with E-state index in [2.05, 4.69) is 0 Å². The maximum atomic E-state index is 10.8. The Balaban J connectivity index is 3.68. The molecule has 2 unspecified atom stereocenters. The molecule has 0 aromatic heterocycles. The molecule has 0 aliphatic rings. The highest BCUT2D eigenvalue weighted by atomic mass is 32.2. The van der Waals surface area contributed by atoms with Crippen LogP contribution in [0.2, 0.25) is 0 Å². The van der Waals surface area contributed by atoms with Gasteiger partial charge in [-0.15, -0.1) is 0 Å². The van der Waals surface area contributed by atoms with E-state index in [4.69, 9.17) is 10.5 Å². The predicted molar refractivity (Wildman–Crippen MR) is 58.0 cm³/mol. The number of hydrogen-bond acceptors (Lipinski definition) is 4. The smallest absolute Gasteiger partial charge is 0.147 e. The standard InChI is InChI=1S/C9H21NO3S/c1-4-13-8(2)9(10)6-5-7-14(3,11)12/h8-9H,4-7,10H2,1-3H3. The Morgan fingerprint density at radius 3 is 2.43 bits per heavy atom. The van der Waals surface area contributed by atoms with Gasteiger partial charge in [0, 0.05) is 24.7 Å². The van der Waals surface area contributed by atoms with E-state index in [1.165, 1.54) is 6.26 Å². The monoisotopic (exact) mass is 223 g/mol. The summed E-state index contributed by atoms with van der Waals surface area (Å²) in [4.78, 5) is 0. The molecule has 2 N–H and O–H groups in total. The second kappa shape index (κ2) is 6.37. The van der Waals surface area contributed by atoms with E-state index >= 15 is 0 Å². The van der Waals surface area contributed by atoms with Gasteiger partial charge >= 0.3 is 0 Å². The van der Waals surface area contributed by atoms with Crippen LogP contribution >= 0.6 is 0 Å². The third-order valence-corrected chi connectivity index (χ3v) is 3.12. The summed E-state index contributed by atoms with van der Waals surface area (Å²) in [5, 5.41) is 0. The van der Waals surface area contributed by atoms with E-state index in [1.807, 2.05) is 13.8 Å². The molecule has 0 saturated heterocycles. The Bertz CT molecular complexity index is 238. The third kappa shape index (κ3) is 7.29. The van der Waals surface area contributed by atoms with Crippen LogP contribution in [0, 0.1) is 0 Å². The first-order valence-corrected chi connectivity index (χ1v) is 6.97. The Kier molecular flexibility index (Phi) is 6.31. The Morgan fingerprint density at radius 2 is 2.00 bits per heavy atom. The molecule has 86 valence electrons. The van der Waals surface area contributed by atoms with Crippen LogP contribution < -0.4 is 5.73 Å². The fourth-order valence-corrected chi connectivity index (χ4v) is 1.89. The van der Waals surface area contributed by atoms with Crippen molar-refractivity contribution in [3.8, 4) is 0 Å². The highest BCUT2D eigenvalue weighted by Crippen LogP contribution is 2.04. The number of sulfone groups is 1. The molecule has 2 atom stereocenters. The van der Waals surface area contributed by atoms with E-state index < -0.39 is 9.84 Å². The maximum Gasteiger partial charge on any atom is 0.147 e. The Hall–Kier alpha value is -0.130. The molecule has 0 heterocycles. The van der Waals surface area contributed by atoms with Gasteiger partial charge in [0.25, 0.3) is 0 Å². The van der Waals surface area contributed by atoms with Crippen molar-refractivity contribution in [2.24, 2.45) is 5.73 Å². The summed E-state index contributed by atoms with van der Waals surface area (Å²) in [6.45, 7) is 4.47. The predicted octanol–water partition coefficient (Wildman–Crippen LogP) is 0.563. The van der Waals surface area contributed by atoms with E-state index in [1.54, 1.807) is 0 Å². The maximum absolute atomic E-state index is 10.8. The molecule has 0 saturated carbocycles. The topological polar surface area (TPSA) is 69.4 Å². The first kappa shape index (κ1) is 13.9. The lowest BCUT2D eigenvalue weighted by Gasteiger charge is -2.19. The molecule has 0 bridgehead atoms. The average molecular weight is 223 g/mol. The summed E-state index contributed by atoms with van der Waals surface area (Å²) in [7, 11) is -2.85. The van der Waals surface area contributed by atoms with Gasteiger partial charge in [-0.2, -0.15) is 0 Å². The number of nitrogens with two attached hydrogens (primary N) is 1. The van der Waals surface area contributed by atoms with Crippen LogP contribution in [0.15, 0.2) is 0 Å². The van der Waals surface area contributed by atoms with Crippen LogP contribution in [0.25, 0.3) is 0 Å². The first-order valence-electron chi connectivity index (χ1n) is 4.91. The fourth-order valence-electron chi connectivity index (χ4n) is 1.20. The van der Waals surface area contributed by atoms with Gasteiger partial charge in [-0.3, -0.25) is 0 Å². The summed E-state index contributed by atoms with van der Waals surface area (Å²) in [6, 6.07) is -0.0725. The SMILES string of the molecule is CCOC(C)C(N)CCCS(C)(=O)=O. The van der Waals surface area contributed by atoms with Gasteiger partial charge < -0.3 is 10.5 Å². The minimum absolute atomic E-state index is 0.000407. The second-order valence-electron chi connectivity index (χ2n) is 3.60. The Morgan fingerprint density at radius 1 is 1.43 bits per heavy atom. The zero-order valence-corrected chi connectivity index (χ0v) is 10.0. The normalized spacial score (nSPS) is 16.6. The molecule has 0 rings (SSSR count). The molecule has 0 aromatic carbocycles. The van der Waals surface area contributed by atoms with Crippen molar-refractivity contribution in [3.05, 3.63) is 0 Å². The largest absolute Gasteiger partial charge is 0.377 e. The fraction of sp³-hybridized carbons (Fsp3) is 1.00. The highest BCUT2D eigenvalue weighted by molar-refractivity contribution is 7.90. The van der Waals surface area contributed by atoms with Crippen LogP contribution in [0.5, 0.6) is 0 Å². The molecule has 0 aliphatic carbocycles. The van der Waals surface area contributed by atoms with Crippen molar-refractivity contribution in [1.29, 1.82) is 0 Å². The van der Waals surface area contributed by atoms with Crippen molar-refractivity contribution in [1.82, 2.24) is 0 Å². The van der Waals surface area contributed by atoms with Gasteiger partial charge in [-0.25, -0.2) is 8.42 Å². The molecule has 0 radical (unpaired) electrons. The lowest BCUT2D eigenvalue weighted by Crippen LogP contribution is -2.34. The Labute approximate surface area is 86.7 Å². The van der Waals surface area contributed by atoms with Crippen molar-refractivity contribution >= 4 is 9.84 Å². The van der Waals surface area contributed by atoms with Crippen LogP contribution in [-0.2, 0) is 14.6 Å². The molecule has 0 fully saturated rings. The molecule has 0 aliphatic heterocycles. The molecule has 0 amide bonds. The third-order valence-electron chi connectivity index (χ3n) is 2.09. The van der Waals surface area contributed by atoms with Crippen LogP contribution in [-0.4, -0.2) is 39.2 Å². The van der Waals surface area contributed by atoms with E-state index in [9.17, 15) is 8.42 Å². The summed E-state index contributed by atoms with van der Waals surface area (Å²) < 4.78 is 27.0. The van der Waals surface area contributed by atoms with Gasteiger partial charge in [0.2, 0.25) is 0 Å². The van der Waals surface area contributed by atoms with Gasteiger partial charge in [0.1, 0.15) is 9.84 Å². The van der Waals surface area contributed by atoms with Gasteiger partial charge in [0.05, 0.1) is 6.10 Å². The molecule has 4 nitrogen and oxygen atoms in total. The summed E-state index contributed by atoms with van der Waals surface area (Å²) in [5.74, 6) is 0.208. The molecular formula is C9H21NO3S. The van der Waals surface area contributed by atoms with E-state index in [0.29, 0.717) is 19.4 Å².